The summed E-state index contributed by atoms with van der Waals surface area (Å²) in [5.74, 6) is 0.530. The number of pyridine rings is 2. The number of aryl methyl sites for hydroxylation is 1. The number of hydrogen-bond acceptors (Lipinski definition) is 6. The van der Waals surface area contributed by atoms with Gasteiger partial charge in [0.2, 0.25) is 5.88 Å². The van der Waals surface area contributed by atoms with Gasteiger partial charge in [0.25, 0.3) is 0 Å². The van der Waals surface area contributed by atoms with E-state index in [1.165, 1.54) is 25.3 Å². The minimum absolute atomic E-state index is 0.169. The maximum Gasteiger partial charge on any atom is 0.573 e. The molecule has 0 aliphatic heterocycles. The molecule has 140 valence electrons. The van der Waals surface area contributed by atoms with Crippen LogP contribution in [0.25, 0.3) is 0 Å². The normalized spacial score (nSPS) is 11.1. The first-order valence-corrected chi connectivity index (χ1v) is 7.78. The van der Waals surface area contributed by atoms with Crippen LogP contribution in [0.1, 0.15) is 5.56 Å². The third kappa shape index (κ3) is 5.00. The molecule has 27 heavy (non-hydrogen) atoms. The minimum Gasteiger partial charge on any atom is -0.439 e. The van der Waals surface area contributed by atoms with Gasteiger partial charge in [-0.25, -0.2) is 9.97 Å². The van der Waals surface area contributed by atoms with E-state index in [-0.39, 0.29) is 17.4 Å². The average molecular weight is 376 g/mol. The van der Waals surface area contributed by atoms with E-state index in [0.29, 0.717) is 22.8 Å². The van der Waals surface area contributed by atoms with Crippen LogP contribution in [0.5, 0.6) is 17.4 Å². The molecule has 0 saturated heterocycles. The van der Waals surface area contributed by atoms with Gasteiger partial charge in [0.15, 0.2) is 5.82 Å². The third-order valence-corrected chi connectivity index (χ3v) is 3.45. The second-order valence-electron chi connectivity index (χ2n) is 5.53. The SMILES string of the molecule is Cc1ccc(Oc2ccc(Nc3ncccc3N)cn2)cc1OC(F)(F)F. The highest BCUT2D eigenvalue weighted by atomic mass is 19.4. The van der Waals surface area contributed by atoms with E-state index >= 15 is 0 Å². The summed E-state index contributed by atoms with van der Waals surface area (Å²) >= 11 is 0. The zero-order valence-electron chi connectivity index (χ0n) is 14.1. The standard InChI is InChI=1S/C18H15F3N4O2/c1-11-4-6-13(9-15(11)27-18(19,20)21)26-16-7-5-12(10-24-16)25-17-14(22)3-2-8-23-17/h2-10H,22H2,1H3,(H,23,25). The van der Waals surface area contributed by atoms with Crippen molar-refractivity contribution >= 4 is 17.2 Å². The molecular formula is C18H15F3N4O2. The molecule has 0 fully saturated rings. The molecule has 0 radical (unpaired) electrons. The fourth-order valence-corrected chi connectivity index (χ4v) is 2.17. The number of nitrogen functional groups attached to an aromatic ring is 1. The zero-order valence-corrected chi connectivity index (χ0v) is 14.1. The van der Waals surface area contributed by atoms with Crippen molar-refractivity contribution < 1.29 is 22.6 Å². The zero-order chi connectivity index (χ0) is 19.4. The molecule has 0 atom stereocenters. The molecule has 3 N–H and O–H groups in total. The predicted octanol–water partition coefficient (Wildman–Crippen LogP) is 4.80. The smallest absolute Gasteiger partial charge is 0.439 e. The maximum absolute atomic E-state index is 12.4. The largest absolute Gasteiger partial charge is 0.573 e. The first kappa shape index (κ1) is 18.3. The van der Waals surface area contributed by atoms with Crippen LogP contribution in [0.3, 0.4) is 0 Å². The van der Waals surface area contributed by atoms with E-state index in [1.54, 1.807) is 30.5 Å². The molecule has 0 aliphatic rings. The van der Waals surface area contributed by atoms with Crippen molar-refractivity contribution in [3.8, 4) is 17.4 Å². The average Bonchev–Trinajstić information content (AvgIpc) is 2.60. The van der Waals surface area contributed by atoms with Crippen LogP contribution in [0.4, 0.5) is 30.4 Å². The topological polar surface area (TPSA) is 82.3 Å². The van der Waals surface area contributed by atoms with Crippen molar-refractivity contribution in [1.82, 2.24) is 9.97 Å². The fraction of sp³-hybridized carbons (Fsp3) is 0.111. The monoisotopic (exact) mass is 376 g/mol. The molecule has 0 aliphatic carbocycles. The highest BCUT2D eigenvalue weighted by molar-refractivity contribution is 5.67. The van der Waals surface area contributed by atoms with Crippen molar-refractivity contribution in [2.45, 2.75) is 13.3 Å². The molecule has 9 heteroatoms. The van der Waals surface area contributed by atoms with Gasteiger partial charge in [0.05, 0.1) is 17.6 Å². The number of nitrogens with two attached hydrogens (primary N) is 1. The molecule has 0 unspecified atom stereocenters. The van der Waals surface area contributed by atoms with Crippen LogP contribution in [0.15, 0.2) is 54.9 Å². The number of aromatic nitrogens is 2. The first-order chi connectivity index (χ1) is 12.8. The number of halogens is 3. The van der Waals surface area contributed by atoms with Crippen LogP contribution in [-0.2, 0) is 0 Å². The Morgan fingerprint density at radius 2 is 1.89 bits per heavy atom. The predicted molar refractivity (Wildman–Crippen MR) is 94.1 cm³/mol. The molecule has 0 saturated carbocycles. The van der Waals surface area contributed by atoms with E-state index in [9.17, 15) is 13.2 Å². The summed E-state index contributed by atoms with van der Waals surface area (Å²) in [6, 6.07) is 10.8. The lowest BCUT2D eigenvalue weighted by Gasteiger charge is -2.13. The molecule has 6 nitrogen and oxygen atoms in total. The second kappa shape index (κ2) is 7.40. The summed E-state index contributed by atoms with van der Waals surface area (Å²) in [5, 5.41) is 3.01. The van der Waals surface area contributed by atoms with Crippen molar-refractivity contribution in [3.05, 3.63) is 60.4 Å². The van der Waals surface area contributed by atoms with E-state index in [0.717, 1.165) is 6.07 Å². The summed E-state index contributed by atoms with van der Waals surface area (Å²) in [6.45, 7) is 1.51. The van der Waals surface area contributed by atoms with Crippen LogP contribution in [0.2, 0.25) is 0 Å². The molecular weight excluding hydrogens is 361 g/mol. The Bertz CT molecular complexity index is 931. The first-order valence-electron chi connectivity index (χ1n) is 7.78. The molecule has 1 aromatic carbocycles. The lowest BCUT2D eigenvalue weighted by atomic mass is 10.2. The van der Waals surface area contributed by atoms with Gasteiger partial charge in [0, 0.05) is 18.3 Å². The number of nitrogens with zero attached hydrogens (tertiary/aromatic N) is 2. The van der Waals surface area contributed by atoms with Gasteiger partial charge in [-0.2, -0.15) is 0 Å². The third-order valence-electron chi connectivity index (χ3n) is 3.45. The molecule has 2 heterocycles. The van der Waals surface area contributed by atoms with Crippen molar-refractivity contribution in [2.75, 3.05) is 11.1 Å². The molecule has 2 aromatic heterocycles. The van der Waals surface area contributed by atoms with Gasteiger partial charge in [0.1, 0.15) is 11.5 Å². The van der Waals surface area contributed by atoms with Crippen LogP contribution < -0.4 is 20.5 Å². The number of nitrogens with one attached hydrogen (secondary N) is 1. The molecule has 3 rings (SSSR count). The quantitative estimate of drug-likeness (QED) is 0.666. The Kier molecular flexibility index (Phi) is 5.02. The lowest BCUT2D eigenvalue weighted by molar-refractivity contribution is -0.274. The van der Waals surface area contributed by atoms with Gasteiger partial charge in [-0.1, -0.05) is 6.07 Å². The molecule has 0 spiro atoms. The van der Waals surface area contributed by atoms with Crippen molar-refractivity contribution in [3.63, 3.8) is 0 Å². The van der Waals surface area contributed by atoms with E-state index in [1.807, 2.05) is 0 Å². The van der Waals surface area contributed by atoms with Crippen LogP contribution in [0, 0.1) is 6.92 Å². The number of benzene rings is 1. The molecule has 0 bridgehead atoms. The summed E-state index contributed by atoms with van der Waals surface area (Å²) in [4.78, 5) is 8.22. The maximum atomic E-state index is 12.4. The van der Waals surface area contributed by atoms with Gasteiger partial charge in [-0.3, -0.25) is 0 Å². The minimum atomic E-state index is -4.78. The fourth-order valence-electron chi connectivity index (χ4n) is 2.17. The number of alkyl halides is 3. The Labute approximate surface area is 152 Å². The highest BCUT2D eigenvalue weighted by Crippen LogP contribution is 2.31. The number of hydrogen-bond donors (Lipinski definition) is 2. The Balaban J connectivity index is 1.71. The van der Waals surface area contributed by atoms with Gasteiger partial charge >= 0.3 is 6.36 Å². The summed E-state index contributed by atoms with van der Waals surface area (Å²) in [5.41, 5.74) is 7.25. The highest BCUT2D eigenvalue weighted by Gasteiger charge is 2.31. The van der Waals surface area contributed by atoms with Gasteiger partial charge in [-0.15, -0.1) is 13.2 Å². The van der Waals surface area contributed by atoms with Crippen LogP contribution in [-0.4, -0.2) is 16.3 Å². The van der Waals surface area contributed by atoms with Gasteiger partial charge in [-0.05, 0) is 36.8 Å². The molecule has 3 aromatic rings. The van der Waals surface area contributed by atoms with E-state index in [4.69, 9.17) is 10.5 Å². The second-order valence-corrected chi connectivity index (χ2v) is 5.53. The number of rotatable bonds is 5. The van der Waals surface area contributed by atoms with E-state index < -0.39 is 6.36 Å². The Morgan fingerprint density at radius 3 is 2.56 bits per heavy atom. The Morgan fingerprint density at radius 1 is 1.07 bits per heavy atom. The lowest BCUT2D eigenvalue weighted by Crippen LogP contribution is -2.17. The summed E-state index contributed by atoms with van der Waals surface area (Å²) in [6.07, 6.45) is -1.69. The van der Waals surface area contributed by atoms with E-state index in [2.05, 4.69) is 20.0 Å². The summed E-state index contributed by atoms with van der Waals surface area (Å²) < 4.78 is 46.8. The van der Waals surface area contributed by atoms with Gasteiger partial charge < -0.3 is 20.5 Å². The number of ether oxygens (including phenoxy) is 2. The number of anilines is 3. The van der Waals surface area contributed by atoms with Crippen LogP contribution >= 0.6 is 0 Å². The Hall–Kier alpha value is -3.49. The van der Waals surface area contributed by atoms with Crippen molar-refractivity contribution in [2.24, 2.45) is 0 Å². The molecule has 0 amide bonds. The summed E-state index contributed by atoms with van der Waals surface area (Å²) in [7, 11) is 0. The van der Waals surface area contributed by atoms with Crippen molar-refractivity contribution in [1.29, 1.82) is 0 Å².